The molecule has 2 heterocycles. The largest absolute Gasteiger partial charge is 0.488 e. The summed E-state index contributed by atoms with van der Waals surface area (Å²) in [6.07, 6.45) is 4.91. The number of benzene rings is 2. The number of rotatable bonds is 9. The smallest absolute Gasteiger partial charge is 0.286 e. The van der Waals surface area contributed by atoms with Crippen LogP contribution in [0.4, 0.5) is 4.79 Å². The predicted molar refractivity (Wildman–Crippen MR) is 120 cm³/mol. The quantitative estimate of drug-likeness (QED) is 0.431. The number of aryl methyl sites for hydroxylation is 1. The van der Waals surface area contributed by atoms with Gasteiger partial charge in [-0.25, -0.2) is 0 Å². The van der Waals surface area contributed by atoms with E-state index < -0.39 is 0 Å². The van der Waals surface area contributed by atoms with Gasteiger partial charge in [0, 0.05) is 4.88 Å². The molecule has 4 rings (SSSR count). The van der Waals surface area contributed by atoms with Crippen molar-refractivity contribution in [3.63, 3.8) is 0 Å². The number of thioether (sulfide) groups is 1. The summed E-state index contributed by atoms with van der Waals surface area (Å²) in [4.78, 5) is 24.0. The highest BCUT2D eigenvalue weighted by molar-refractivity contribution is 8.15. The fourth-order valence-corrected chi connectivity index (χ4v) is 4.97. The molecule has 2 amide bonds. The maximum Gasteiger partial charge on any atom is 0.286 e. The Kier molecular flexibility index (Phi) is 6.52. The minimum Gasteiger partial charge on any atom is -0.488 e. The Labute approximate surface area is 178 Å². The van der Waals surface area contributed by atoms with Crippen LogP contribution in [0.15, 0.2) is 53.9 Å². The van der Waals surface area contributed by atoms with Gasteiger partial charge in [0.25, 0.3) is 5.24 Å². The lowest BCUT2D eigenvalue weighted by Crippen LogP contribution is -2.24. The monoisotopic (exact) mass is 425 g/mol. The molecule has 150 valence electrons. The highest BCUT2D eigenvalue weighted by Gasteiger charge is 2.30. The third kappa shape index (κ3) is 5.40. The Morgan fingerprint density at radius 2 is 1.83 bits per heavy atom. The van der Waals surface area contributed by atoms with Crippen molar-refractivity contribution < 1.29 is 14.3 Å². The van der Waals surface area contributed by atoms with Gasteiger partial charge < -0.3 is 4.74 Å². The first-order valence-electron chi connectivity index (χ1n) is 9.87. The van der Waals surface area contributed by atoms with Crippen LogP contribution in [-0.2, 0) is 17.8 Å². The van der Waals surface area contributed by atoms with E-state index in [0.717, 1.165) is 49.6 Å². The minimum absolute atomic E-state index is 0.131. The van der Waals surface area contributed by atoms with Crippen LogP contribution in [0.25, 0.3) is 10.8 Å². The van der Waals surface area contributed by atoms with E-state index in [1.807, 2.05) is 12.1 Å². The number of amides is 2. The van der Waals surface area contributed by atoms with Gasteiger partial charge in [0.1, 0.15) is 12.4 Å². The number of thiophene rings is 1. The van der Waals surface area contributed by atoms with Crippen molar-refractivity contribution in [3.05, 3.63) is 64.4 Å². The third-order valence-electron chi connectivity index (χ3n) is 5.04. The molecule has 1 saturated heterocycles. The number of unbranched alkanes of at least 4 members (excludes halogenated alkanes) is 2. The summed E-state index contributed by atoms with van der Waals surface area (Å²) in [6, 6.07) is 17.0. The van der Waals surface area contributed by atoms with Gasteiger partial charge in [0.05, 0.1) is 5.25 Å². The average molecular weight is 426 g/mol. The third-order valence-corrected chi connectivity index (χ3v) is 6.94. The SMILES string of the molecule is O=C1NC(=O)C(CCCCCc2ccc3cc(OCc4cccs4)ccc3c2)S1. The molecule has 0 bridgehead atoms. The number of nitrogens with one attached hydrogen (secondary N) is 1. The van der Waals surface area contributed by atoms with Crippen LogP contribution in [0, 0.1) is 0 Å². The number of carbonyl (C=O) groups is 2. The Morgan fingerprint density at radius 1 is 0.966 bits per heavy atom. The molecule has 1 aliphatic heterocycles. The minimum atomic E-state index is -0.212. The Hall–Kier alpha value is -2.31. The maximum absolute atomic E-state index is 11.6. The van der Waals surface area contributed by atoms with Crippen LogP contribution in [0.3, 0.4) is 0 Å². The Balaban J connectivity index is 1.25. The number of hydrogen-bond acceptors (Lipinski definition) is 5. The molecular weight excluding hydrogens is 402 g/mol. The average Bonchev–Trinajstić information content (AvgIpc) is 3.35. The summed E-state index contributed by atoms with van der Waals surface area (Å²) in [5, 5.41) is 6.41. The molecule has 0 saturated carbocycles. The van der Waals surface area contributed by atoms with Crippen molar-refractivity contribution in [2.24, 2.45) is 0 Å². The van der Waals surface area contributed by atoms with Gasteiger partial charge >= 0.3 is 0 Å². The first-order valence-corrected chi connectivity index (χ1v) is 11.6. The van der Waals surface area contributed by atoms with Crippen LogP contribution < -0.4 is 10.1 Å². The number of imide groups is 1. The molecular formula is C23H23NO3S2. The van der Waals surface area contributed by atoms with E-state index in [0.29, 0.717) is 6.61 Å². The number of carbonyl (C=O) groups excluding carboxylic acids is 2. The molecule has 1 aromatic heterocycles. The van der Waals surface area contributed by atoms with Gasteiger partial charge in [-0.2, -0.15) is 0 Å². The molecule has 4 nitrogen and oxygen atoms in total. The van der Waals surface area contributed by atoms with Crippen molar-refractivity contribution in [1.82, 2.24) is 5.32 Å². The summed E-state index contributed by atoms with van der Waals surface area (Å²) in [5.41, 5.74) is 1.33. The molecule has 2 aromatic carbocycles. The van der Waals surface area contributed by atoms with Gasteiger partial charge in [0.2, 0.25) is 5.91 Å². The van der Waals surface area contributed by atoms with Crippen molar-refractivity contribution in [2.75, 3.05) is 0 Å². The molecule has 1 atom stereocenters. The van der Waals surface area contributed by atoms with Crippen LogP contribution in [-0.4, -0.2) is 16.4 Å². The summed E-state index contributed by atoms with van der Waals surface area (Å²) in [7, 11) is 0. The second-order valence-corrected chi connectivity index (χ2v) is 9.40. The topological polar surface area (TPSA) is 55.4 Å². The fraction of sp³-hybridized carbons (Fsp3) is 0.304. The first-order chi connectivity index (χ1) is 14.2. The van der Waals surface area contributed by atoms with Gasteiger partial charge in [-0.15, -0.1) is 11.3 Å². The summed E-state index contributed by atoms with van der Waals surface area (Å²) < 4.78 is 5.90. The number of ether oxygens (including phenoxy) is 1. The van der Waals surface area contributed by atoms with E-state index in [1.165, 1.54) is 21.2 Å². The Bertz CT molecular complexity index is 1000. The summed E-state index contributed by atoms with van der Waals surface area (Å²) in [6.45, 7) is 0.608. The second-order valence-electron chi connectivity index (χ2n) is 7.19. The van der Waals surface area contributed by atoms with Crippen LogP contribution >= 0.6 is 23.1 Å². The summed E-state index contributed by atoms with van der Waals surface area (Å²) >= 11 is 2.83. The molecule has 1 fully saturated rings. The molecule has 3 aromatic rings. The number of fused-ring (bicyclic) bond motifs is 1. The zero-order valence-corrected chi connectivity index (χ0v) is 17.7. The molecule has 0 radical (unpaired) electrons. The molecule has 1 N–H and O–H groups in total. The van der Waals surface area contributed by atoms with E-state index in [-0.39, 0.29) is 16.4 Å². The standard InChI is InChI=1S/C23H23NO3S2/c25-22-21(29-23(26)24-22)7-3-1-2-5-16-8-9-18-14-19(11-10-17(18)13-16)27-15-20-6-4-12-28-20/h4,6,8-14,21H,1-3,5,7,15H2,(H,24,25,26). The Morgan fingerprint density at radius 3 is 2.62 bits per heavy atom. The van der Waals surface area contributed by atoms with Crippen LogP contribution in [0.2, 0.25) is 0 Å². The first kappa shape index (κ1) is 20.0. The molecule has 1 aliphatic rings. The molecule has 0 aliphatic carbocycles. The van der Waals surface area contributed by atoms with Crippen LogP contribution in [0.1, 0.15) is 36.1 Å². The highest BCUT2D eigenvalue weighted by atomic mass is 32.2. The van der Waals surface area contributed by atoms with E-state index in [9.17, 15) is 9.59 Å². The van der Waals surface area contributed by atoms with Crippen molar-refractivity contribution >= 4 is 45.0 Å². The van der Waals surface area contributed by atoms with Gasteiger partial charge in [-0.3, -0.25) is 14.9 Å². The molecule has 0 spiro atoms. The van der Waals surface area contributed by atoms with Crippen molar-refractivity contribution in [1.29, 1.82) is 0 Å². The molecule has 6 heteroatoms. The van der Waals surface area contributed by atoms with Crippen molar-refractivity contribution in [2.45, 2.75) is 44.0 Å². The van der Waals surface area contributed by atoms with E-state index in [4.69, 9.17) is 4.74 Å². The predicted octanol–water partition coefficient (Wildman–Crippen LogP) is 5.93. The van der Waals surface area contributed by atoms with E-state index in [1.54, 1.807) is 11.3 Å². The van der Waals surface area contributed by atoms with E-state index in [2.05, 4.69) is 47.1 Å². The van der Waals surface area contributed by atoms with Gasteiger partial charge in [-0.1, -0.05) is 54.9 Å². The zero-order valence-electron chi connectivity index (χ0n) is 16.1. The normalized spacial score (nSPS) is 16.3. The van der Waals surface area contributed by atoms with Gasteiger partial charge in [-0.05, 0) is 59.2 Å². The molecule has 29 heavy (non-hydrogen) atoms. The second kappa shape index (κ2) is 9.46. The fourth-order valence-electron chi connectivity index (χ4n) is 3.49. The van der Waals surface area contributed by atoms with Gasteiger partial charge in [0.15, 0.2) is 0 Å². The lowest BCUT2D eigenvalue weighted by molar-refractivity contribution is -0.119. The summed E-state index contributed by atoms with van der Waals surface area (Å²) in [5.74, 6) is 0.763. The lowest BCUT2D eigenvalue weighted by atomic mass is 10.0. The molecule has 1 unspecified atom stereocenters. The van der Waals surface area contributed by atoms with Crippen molar-refractivity contribution in [3.8, 4) is 5.75 Å². The number of hydrogen-bond donors (Lipinski definition) is 1. The van der Waals surface area contributed by atoms with E-state index >= 15 is 0 Å². The highest BCUT2D eigenvalue weighted by Crippen LogP contribution is 2.26. The van der Waals surface area contributed by atoms with Crippen LogP contribution in [0.5, 0.6) is 5.75 Å². The zero-order chi connectivity index (χ0) is 20.1. The lowest BCUT2D eigenvalue weighted by Gasteiger charge is -2.08. The maximum atomic E-state index is 11.6.